The molecule has 3 unspecified atom stereocenters. The third-order valence-corrected chi connectivity index (χ3v) is 7.17. The summed E-state index contributed by atoms with van der Waals surface area (Å²) >= 11 is 0. The number of hydrogen-bond acceptors (Lipinski definition) is 4. The number of fused-ring (bicyclic) bond motifs is 8. The quantitative estimate of drug-likeness (QED) is 0.306. The van der Waals surface area contributed by atoms with Crippen LogP contribution in [0.3, 0.4) is 0 Å². The molecule has 2 aliphatic rings. The van der Waals surface area contributed by atoms with Crippen LogP contribution < -0.4 is 4.74 Å². The normalized spacial score (nSPS) is 23.3. The maximum Gasteiger partial charge on any atom is 0.133 e. The molecule has 0 spiro atoms. The second-order valence-electron chi connectivity index (χ2n) is 9.56. The fraction of sp³-hybridized carbons (Fsp3) is 0.448. The van der Waals surface area contributed by atoms with Gasteiger partial charge >= 0.3 is 0 Å². The van der Waals surface area contributed by atoms with Crippen LogP contribution in [-0.2, 0) is 4.74 Å². The Balaban J connectivity index is 0.00000126. The third kappa shape index (κ3) is 3.90. The molecule has 1 aliphatic carbocycles. The van der Waals surface area contributed by atoms with E-state index in [1.165, 1.54) is 18.4 Å². The summed E-state index contributed by atoms with van der Waals surface area (Å²) in [5, 5.41) is 2.20. The van der Waals surface area contributed by atoms with Crippen LogP contribution in [0, 0.1) is 11.8 Å². The van der Waals surface area contributed by atoms with Crippen molar-refractivity contribution in [2.24, 2.45) is 11.8 Å². The van der Waals surface area contributed by atoms with Crippen LogP contribution >= 0.6 is 0 Å². The monoisotopic (exact) mass is 444 g/mol. The van der Waals surface area contributed by atoms with E-state index in [1.54, 1.807) is 19.4 Å². The summed E-state index contributed by atoms with van der Waals surface area (Å²) in [4.78, 5) is 10.2. The van der Waals surface area contributed by atoms with Crippen molar-refractivity contribution < 1.29 is 9.47 Å². The number of methoxy groups -OCH3 is 1. The molecule has 4 nitrogen and oxygen atoms in total. The third-order valence-electron chi connectivity index (χ3n) is 7.17. The average molecular weight is 445 g/mol. The van der Waals surface area contributed by atoms with Gasteiger partial charge in [0, 0.05) is 28.3 Å². The van der Waals surface area contributed by atoms with E-state index in [0.29, 0.717) is 17.8 Å². The number of aromatic nitrogens is 2. The predicted molar refractivity (Wildman–Crippen MR) is 138 cm³/mol. The van der Waals surface area contributed by atoms with Gasteiger partial charge < -0.3 is 9.47 Å². The second-order valence-corrected chi connectivity index (χ2v) is 9.56. The van der Waals surface area contributed by atoms with Crippen molar-refractivity contribution in [3.8, 4) is 5.75 Å². The fourth-order valence-corrected chi connectivity index (χ4v) is 5.71. The predicted octanol–water partition coefficient (Wildman–Crippen LogP) is 7.76. The van der Waals surface area contributed by atoms with Gasteiger partial charge in [0.25, 0.3) is 0 Å². The summed E-state index contributed by atoms with van der Waals surface area (Å²) in [5.41, 5.74) is 4.45. The minimum atomic E-state index is -0.204. The molecule has 1 saturated carbocycles. The highest BCUT2D eigenvalue weighted by Gasteiger charge is 2.47. The molecule has 3 aromatic rings. The van der Waals surface area contributed by atoms with Crippen molar-refractivity contribution in [2.45, 2.75) is 65.4 Å². The molecule has 1 aliphatic heterocycles. The Bertz CT molecular complexity index is 1210. The first kappa shape index (κ1) is 23.3. The smallest absolute Gasteiger partial charge is 0.133 e. The molecular weight excluding hydrogens is 408 g/mol. The maximum atomic E-state index is 6.79. The number of rotatable bonds is 3. The van der Waals surface area contributed by atoms with Crippen LogP contribution in [0.1, 0.15) is 76.8 Å². The Morgan fingerprint density at radius 1 is 1.06 bits per heavy atom. The van der Waals surface area contributed by atoms with Gasteiger partial charge in [0.15, 0.2) is 0 Å². The van der Waals surface area contributed by atoms with E-state index in [-0.39, 0.29) is 5.60 Å². The molecular formula is C29H36N2O2. The number of hydrogen-bond donors (Lipinski definition) is 0. The van der Waals surface area contributed by atoms with Gasteiger partial charge in [0.05, 0.1) is 35.8 Å². The molecule has 0 radical (unpaired) electrons. The van der Waals surface area contributed by atoms with E-state index in [9.17, 15) is 0 Å². The Labute approximate surface area is 197 Å². The van der Waals surface area contributed by atoms with Crippen molar-refractivity contribution in [1.82, 2.24) is 9.97 Å². The molecule has 0 N–H and O–H groups in total. The van der Waals surface area contributed by atoms with Crippen LogP contribution in [0.15, 0.2) is 37.1 Å². The van der Waals surface area contributed by atoms with Gasteiger partial charge in [-0.1, -0.05) is 58.0 Å². The molecule has 2 heterocycles. The fourth-order valence-electron chi connectivity index (χ4n) is 5.71. The summed E-state index contributed by atoms with van der Waals surface area (Å²) < 4.78 is 11.9. The van der Waals surface area contributed by atoms with E-state index < -0.39 is 0 Å². The van der Waals surface area contributed by atoms with Gasteiger partial charge in [-0.3, -0.25) is 0 Å². The largest absolute Gasteiger partial charge is 0.504 e. The minimum absolute atomic E-state index is 0.204. The maximum absolute atomic E-state index is 6.79. The number of ether oxygens (including phenoxy) is 2. The molecule has 1 aromatic heterocycles. The lowest BCUT2D eigenvalue weighted by Crippen LogP contribution is -2.46. The molecule has 4 heteroatoms. The molecule has 0 amide bonds. The van der Waals surface area contributed by atoms with Crippen molar-refractivity contribution in [1.29, 1.82) is 0 Å². The van der Waals surface area contributed by atoms with Crippen molar-refractivity contribution in [3.63, 3.8) is 0 Å². The highest BCUT2D eigenvalue weighted by molar-refractivity contribution is 6.09. The summed E-state index contributed by atoms with van der Waals surface area (Å²) in [6, 6.07) is 8.42. The molecule has 3 atom stereocenters. The lowest BCUT2D eigenvalue weighted by Gasteiger charge is -2.49. The lowest BCUT2D eigenvalue weighted by molar-refractivity contribution is -0.0115. The molecule has 1 fully saturated rings. The first-order valence-electron chi connectivity index (χ1n) is 12.2. The minimum Gasteiger partial charge on any atom is -0.504 e. The first-order valence-corrected chi connectivity index (χ1v) is 12.2. The van der Waals surface area contributed by atoms with Gasteiger partial charge in [-0.05, 0) is 44.6 Å². The van der Waals surface area contributed by atoms with E-state index in [1.807, 2.05) is 19.9 Å². The SMILES string of the molecule is C=Cc1nc2c3c(c4ccccc4c2nc1/C=C\OC)OC(C)(C)C1CCC(C)CC31.CC. The Kier molecular flexibility index (Phi) is 6.47. The van der Waals surface area contributed by atoms with E-state index in [4.69, 9.17) is 19.4 Å². The van der Waals surface area contributed by atoms with Crippen molar-refractivity contribution in [3.05, 3.63) is 54.1 Å². The second kappa shape index (κ2) is 9.17. The molecule has 33 heavy (non-hydrogen) atoms. The van der Waals surface area contributed by atoms with E-state index in [2.05, 4.69) is 51.6 Å². The van der Waals surface area contributed by atoms with Crippen LogP contribution in [0.2, 0.25) is 0 Å². The molecule has 2 aromatic carbocycles. The summed E-state index contributed by atoms with van der Waals surface area (Å²) in [7, 11) is 1.63. The van der Waals surface area contributed by atoms with E-state index >= 15 is 0 Å². The first-order chi connectivity index (χ1) is 15.9. The van der Waals surface area contributed by atoms with Gasteiger partial charge in [-0.2, -0.15) is 0 Å². The summed E-state index contributed by atoms with van der Waals surface area (Å²) in [5.74, 6) is 2.58. The standard InChI is InChI=1S/C27H30N2O2.C2H6/c1-6-21-22(13-14-30-5)29-24-17-9-7-8-10-18(17)26-23(25(24)28-21)19-15-16(2)11-12-20(19)27(3,4)31-26;1-2/h6-10,13-14,16,19-20H,1,11-12,15H2,2-5H3;1-2H3/b14-13-;. The van der Waals surface area contributed by atoms with E-state index in [0.717, 1.165) is 45.4 Å². The number of nitrogens with zero attached hydrogens (tertiary/aromatic N) is 2. The van der Waals surface area contributed by atoms with Crippen LogP contribution in [0.5, 0.6) is 5.75 Å². The molecule has 0 bridgehead atoms. The van der Waals surface area contributed by atoms with Gasteiger partial charge in [0.2, 0.25) is 0 Å². The van der Waals surface area contributed by atoms with Crippen LogP contribution in [0.4, 0.5) is 0 Å². The lowest BCUT2D eigenvalue weighted by atomic mass is 9.64. The van der Waals surface area contributed by atoms with Gasteiger partial charge in [-0.15, -0.1) is 0 Å². The highest BCUT2D eigenvalue weighted by atomic mass is 16.5. The number of benzene rings is 2. The molecule has 5 rings (SSSR count). The highest BCUT2D eigenvalue weighted by Crippen LogP contribution is 2.56. The Hall–Kier alpha value is -2.88. The zero-order valence-corrected chi connectivity index (χ0v) is 20.8. The zero-order chi connectivity index (χ0) is 23.8. The van der Waals surface area contributed by atoms with Gasteiger partial charge in [-0.25, -0.2) is 9.97 Å². The summed E-state index contributed by atoms with van der Waals surface area (Å²) in [6.45, 7) is 14.9. The summed E-state index contributed by atoms with van der Waals surface area (Å²) in [6.07, 6.45) is 8.86. The molecule has 174 valence electrons. The Morgan fingerprint density at radius 3 is 2.45 bits per heavy atom. The van der Waals surface area contributed by atoms with Crippen LogP contribution in [0.25, 0.3) is 34.0 Å². The van der Waals surface area contributed by atoms with Crippen molar-refractivity contribution >= 4 is 34.0 Å². The Morgan fingerprint density at radius 2 is 1.76 bits per heavy atom. The van der Waals surface area contributed by atoms with Gasteiger partial charge in [0.1, 0.15) is 11.4 Å². The van der Waals surface area contributed by atoms with Crippen molar-refractivity contribution in [2.75, 3.05) is 7.11 Å². The zero-order valence-electron chi connectivity index (χ0n) is 20.8. The molecule has 0 saturated heterocycles. The average Bonchev–Trinajstić information content (AvgIpc) is 2.83. The topological polar surface area (TPSA) is 44.2 Å². The van der Waals surface area contributed by atoms with Crippen LogP contribution in [-0.4, -0.2) is 22.7 Å².